The molecule has 2 N–H and O–H groups in total. The van der Waals surface area contributed by atoms with Gasteiger partial charge in [0.15, 0.2) is 11.5 Å². The topological polar surface area (TPSA) is 77.4 Å². The molecule has 2 aromatic carbocycles. The monoisotopic (exact) mass is 380 g/mol. The van der Waals surface area contributed by atoms with Gasteiger partial charge in [0.05, 0.1) is 11.4 Å². The molecule has 0 spiro atoms. The summed E-state index contributed by atoms with van der Waals surface area (Å²) >= 11 is 1.79. The number of carbonyl (C=O) groups excluding carboxylic acids is 1. The first-order valence-corrected chi connectivity index (χ1v) is 9.65. The summed E-state index contributed by atoms with van der Waals surface area (Å²) in [5, 5.41) is 10.5. The van der Waals surface area contributed by atoms with Gasteiger partial charge < -0.3 is 14.8 Å². The normalized spacial score (nSPS) is 14.1. The maximum absolute atomic E-state index is 12.6. The molecule has 1 aromatic heterocycles. The van der Waals surface area contributed by atoms with Crippen molar-refractivity contribution in [1.82, 2.24) is 9.78 Å². The van der Waals surface area contributed by atoms with E-state index in [9.17, 15) is 4.79 Å². The molecule has 0 fully saturated rings. The van der Waals surface area contributed by atoms with E-state index in [-0.39, 0.29) is 12.8 Å². The molecule has 0 unspecified atom stereocenters. The first kappa shape index (κ1) is 16.1. The lowest BCUT2D eigenvalue weighted by atomic mass is 10.2. The summed E-state index contributed by atoms with van der Waals surface area (Å²) in [6, 6.07) is 14.8. The number of hydrogen-bond acceptors (Lipinski definition) is 5. The third-order valence-electron chi connectivity index (χ3n) is 4.42. The maximum Gasteiger partial charge on any atom is 0.324 e. The zero-order valence-corrected chi connectivity index (χ0v) is 15.1. The van der Waals surface area contributed by atoms with Crippen LogP contribution in [0.2, 0.25) is 0 Å². The Balaban J connectivity index is 1.41. The van der Waals surface area contributed by atoms with E-state index in [4.69, 9.17) is 9.47 Å². The Kier molecular flexibility index (Phi) is 3.90. The standard InChI is InChI=1S/C19H16N4O3S/c24-19(20-12-6-7-16-17(8-12)26-11-25-16)21-18-14-9-27-10-15(14)22-23(18)13-4-2-1-3-5-13/h1-8H,9-11H2,(H2,20,21,24). The summed E-state index contributed by atoms with van der Waals surface area (Å²) in [5.74, 6) is 3.70. The van der Waals surface area contributed by atoms with Crippen molar-refractivity contribution in [2.75, 3.05) is 17.4 Å². The number of carbonyl (C=O) groups is 1. The zero-order valence-electron chi connectivity index (χ0n) is 14.3. The molecule has 2 aliphatic rings. The van der Waals surface area contributed by atoms with E-state index in [1.807, 2.05) is 30.3 Å². The van der Waals surface area contributed by atoms with Crippen LogP contribution in [0.5, 0.6) is 11.5 Å². The van der Waals surface area contributed by atoms with Crippen LogP contribution in [-0.4, -0.2) is 22.6 Å². The molecular weight excluding hydrogens is 364 g/mol. The van der Waals surface area contributed by atoms with Crippen LogP contribution in [-0.2, 0) is 11.5 Å². The second-order valence-electron chi connectivity index (χ2n) is 6.16. The van der Waals surface area contributed by atoms with Gasteiger partial charge in [-0.2, -0.15) is 16.9 Å². The molecule has 5 rings (SSSR count). The number of amides is 2. The van der Waals surface area contributed by atoms with Crippen LogP contribution in [0.1, 0.15) is 11.3 Å². The van der Waals surface area contributed by atoms with Gasteiger partial charge >= 0.3 is 6.03 Å². The lowest BCUT2D eigenvalue weighted by Crippen LogP contribution is -2.22. The number of benzene rings is 2. The van der Waals surface area contributed by atoms with Gasteiger partial charge in [0.2, 0.25) is 6.79 Å². The molecule has 3 aromatic rings. The van der Waals surface area contributed by atoms with Crippen LogP contribution < -0.4 is 20.1 Å². The summed E-state index contributed by atoms with van der Waals surface area (Å²) in [6.07, 6.45) is 0. The lowest BCUT2D eigenvalue weighted by Gasteiger charge is -2.12. The van der Waals surface area contributed by atoms with E-state index in [0.29, 0.717) is 23.0 Å². The van der Waals surface area contributed by atoms with Crippen LogP contribution in [0.25, 0.3) is 5.69 Å². The molecule has 0 radical (unpaired) electrons. The van der Waals surface area contributed by atoms with Gasteiger partial charge in [-0.05, 0) is 24.3 Å². The number of ether oxygens (including phenoxy) is 2. The van der Waals surface area contributed by atoms with E-state index in [2.05, 4.69) is 15.7 Å². The number of anilines is 2. The number of urea groups is 1. The number of nitrogens with zero attached hydrogens (tertiary/aromatic N) is 2. The maximum atomic E-state index is 12.6. The number of hydrogen-bond donors (Lipinski definition) is 2. The van der Waals surface area contributed by atoms with Gasteiger partial charge in [0.1, 0.15) is 5.82 Å². The smallest absolute Gasteiger partial charge is 0.324 e. The van der Waals surface area contributed by atoms with Crippen molar-refractivity contribution in [3.63, 3.8) is 0 Å². The lowest BCUT2D eigenvalue weighted by molar-refractivity contribution is 0.174. The summed E-state index contributed by atoms with van der Waals surface area (Å²) in [4.78, 5) is 12.6. The van der Waals surface area contributed by atoms with E-state index in [1.54, 1.807) is 34.6 Å². The van der Waals surface area contributed by atoms with Crippen molar-refractivity contribution in [2.45, 2.75) is 11.5 Å². The van der Waals surface area contributed by atoms with E-state index < -0.39 is 0 Å². The summed E-state index contributed by atoms with van der Waals surface area (Å²) in [6.45, 7) is 0.199. The Labute approximate surface area is 159 Å². The van der Waals surface area contributed by atoms with Gasteiger partial charge in [0.25, 0.3) is 0 Å². The first-order valence-electron chi connectivity index (χ1n) is 8.49. The highest BCUT2D eigenvalue weighted by Crippen LogP contribution is 2.37. The van der Waals surface area contributed by atoms with Crippen LogP contribution >= 0.6 is 11.8 Å². The Hall–Kier alpha value is -3.13. The first-order chi connectivity index (χ1) is 13.3. The minimum Gasteiger partial charge on any atom is -0.454 e. The summed E-state index contributed by atoms with van der Waals surface area (Å²) < 4.78 is 12.4. The predicted molar refractivity (Wildman–Crippen MR) is 104 cm³/mol. The highest BCUT2D eigenvalue weighted by molar-refractivity contribution is 7.98. The second kappa shape index (κ2) is 6.55. The molecule has 7 nitrogen and oxygen atoms in total. The van der Waals surface area contributed by atoms with Crippen molar-refractivity contribution in [1.29, 1.82) is 0 Å². The highest BCUT2D eigenvalue weighted by atomic mass is 32.2. The summed E-state index contributed by atoms with van der Waals surface area (Å²) in [5.41, 5.74) is 3.63. The predicted octanol–water partition coefficient (Wildman–Crippen LogP) is 3.99. The average Bonchev–Trinajstić information content (AvgIpc) is 3.39. The zero-order chi connectivity index (χ0) is 18.2. The Bertz CT molecular complexity index is 1020. The molecule has 2 aliphatic heterocycles. The second-order valence-corrected chi connectivity index (χ2v) is 7.15. The van der Waals surface area contributed by atoms with Gasteiger partial charge in [-0.3, -0.25) is 5.32 Å². The number of aromatic nitrogens is 2. The summed E-state index contributed by atoms with van der Waals surface area (Å²) in [7, 11) is 0. The minimum absolute atomic E-state index is 0.199. The number of para-hydroxylation sites is 1. The minimum atomic E-state index is -0.328. The largest absolute Gasteiger partial charge is 0.454 e. The fourth-order valence-electron chi connectivity index (χ4n) is 3.14. The Morgan fingerprint density at radius 3 is 2.78 bits per heavy atom. The number of thioether (sulfide) groups is 1. The van der Waals surface area contributed by atoms with Crippen molar-refractivity contribution < 1.29 is 14.3 Å². The van der Waals surface area contributed by atoms with Crippen LogP contribution in [0.15, 0.2) is 48.5 Å². The molecule has 27 heavy (non-hydrogen) atoms. The van der Waals surface area contributed by atoms with Crippen molar-refractivity contribution in [3.8, 4) is 17.2 Å². The number of nitrogens with one attached hydrogen (secondary N) is 2. The number of rotatable bonds is 3. The molecule has 0 atom stereocenters. The molecule has 2 amide bonds. The molecule has 3 heterocycles. The van der Waals surface area contributed by atoms with E-state index in [1.165, 1.54) is 0 Å². The van der Waals surface area contributed by atoms with E-state index in [0.717, 1.165) is 28.5 Å². The van der Waals surface area contributed by atoms with Crippen molar-refractivity contribution >= 4 is 29.3 Å². The van der Waals surface area contributed by atoms with Crippen molar-refractivity contribution in [2.24, 2.45) is 0 Å². The quantitative estimate of drug-likeness (QED) is 0.718. The Morgan fingerprint density at radius 1 is 1.04 bits per heavy atom. The molecule has 136 valence electrons. The molecule has 0 saturated heterocycles. The molecule has 8 heteroatoms. The van der Waals surface area contributed by atoms with Crippen LogP contribution in [0.3, 0.4) is 0 Å². The van der Waals surface area contributed by atoms with Gasteiger partial charge in [-0.25, -0.2) is 9.48 Å². The molecule has 0 bridgehead atoms. The third kappa shape index (κ3) is 2.97. The fourth-order valence-corrected chi connectivity index (χ4v) is 4.18. The molecule has 0 aliphatic carbocycles. The number of fused-ring (bicyclic) bond motifs is 2. The molecule has 0 saturated carbocycles. The molecular formula is C19H16N4O3S. The Morgan fingerprint density at radius 2 is 1.89 bits per heavy atom. The van der Waals surface area contributed by atoms with Crippen LogP contribution in [0, 0.1) is 0 Å². The van der Waals surface area contributed by atoms with Crippen LogP contribution in [0.4, 0.5) is 16.3 Å². The third-order valence-corrected chi connectivity index (χ3v) is 5.39. The van der Waals surface area contributed by atoms with Gasteiger partial charge in [-0.15, -0.1) is 0 Å². The highest BCUT2D eigenvalue weighted by Gasteiger charge is 2.25. The average molecular weight is 380 g/mol. The van der Waals surface area contributed by atoms with Gasteiger partial charge in [-0.1, -0.05) is 18.2 Å². The van der Waals surface area contributed by atoms with Gasteiger partial charge in [0, 0.05) is 28.8 Å². The van der Waals surface area contributed by atoms with E-state index >= 15 is 0 Å². The fraction of sp³-hybridized carbons (Fsp3) is 0.158. The van der Waals surface area contributed by atoms with Crippen molar-refractivity contribution in [3.05, 3.63) is 59.8 Å². The SMILES string of the molecule is O=C(Nc1ccc2c(c1)OCO2)Nc1c2c(nn1-c1ccccc1)CSC2.